The van der Waals surface area contributed by atoms with Crippen molar-refractivity contribution in [3.63, 3.8) is 0 Å². The summed E-state index contributed by atoms with van der Waals surface area (Å²) in [7, 11) is -5.81. The Morgan fingerprint density at radius 1 is 0.414 bits per heavy atom. The smallest absolute Gasteiger partial charge is 1.00 e. The van der Waals surface area contributed by atoms with Crippen molar-refractivity contribution in [3.8, 4) is 0 Å². The average Bonchev–Trinajstić information content (AvgIpc) is 4.03. The first-order valence-corrected chi connectivity index (χ1v) is 23.4. The summed E-state index contributed by atoms with van der Waals surface area (Å²) in [6.45, 7) is 1.21. The minimum atomic E-state index is -2.96. The van der Waals surface area contributed by atoms with Crippen LogP contribution < -0.4 is 55.9 Å². The van der Waals surface area contributed by atoms with E-state index in [1.54, 1.807) is 0 Å². The van der Waals surface area contributed by atoms with Crippen molar-refractivity contribution < 1.29 is 59.9 Å². The van der Waals surface area contributed by atoms with Crippen LogP contribution in [0.2, 0.25) is 0 Å². The number of hydrogen-bond donors (Lipinski definition) is 0. The minimum absolute atomic E-state index is 0. The van der Waals surface area contributed by atoms with E-state index in [1.165, 1.54) is 42.3 Å². The molecular weight excluding hydrogens is 863 g/mol. The predicted molar refractivity (Wildman–Crippen MR) is 235 cm³/mol. The van der Waals surface area contributed by atoms with Gasteiger partial charge in [0.25, 0.3) is 16.6 Å². The Morgan fingerprint density at radius 2 is 0.707 bits per heavy atom. The van der Waals surface area contributed by atoms with Gasteiger partial charge in [0, 0.05) is 18.6 Å². The Morgan fingerprint density at radius 3 is 0.983 bits per heavy atom. The van der Waals surface area contributed by atoms with Crippen molar-refractivity contribution in [2.45, 2.75) is 25.7 Å². The molecule has 8 rings (SSSR count). The van der Waals surface area contributed by atoms with E-state index in [4.69, 9.17) is 8.85 Å². The first kappa shape index (κ1) is 45.2. The predicted octanol–water partition coefficient (Wildman–Crippen LogP) is 1.90. The van der Waals surface area contributed by atoms with Crippen LogP contribution in [-0.4, -0.2) is 29.8 Å². The Kier molecular flexibility index (Phi) is 16.7. The Labute approximate surface area is 378 Å². The van der Waals surface area contributed by atoms with Gasteiger partial charge in [-0.15, -0.1) is 0 Å². The Balaban J connectivity index is 0.00000214. The van der Waals surface area contributed by atoms with E-state index in [1.807, 2.05) is 0 Å². The molecule has 0 radical (unpaired) electrons. The number of hydrogen-bond acceptors (Lipinski definition) is 2. The summed E-state index contributed by atoms with van der Waals surface area (Å²) < 4.78 is 15.4. The van der Waals surface area contributed by atoms with E-state index in [9.17, 15) is 0 Å². The fourth-order valence-electron chi connectivity index (χ4n) is 8.76. The Bertz CT molecular complexity index is 2050. The van der Waals surface area contributed by atoms with Crippen LogP contribution in [0, 0.1) is 5.41 Å². The molecule has 6 aromatic rings. The SMILES string of the molecule is C1=CCC(C(CCCO[Si](c2ccccc2)(c2ccccc2)c2ccccc2)(CO[Si](c2ccccc2)(c2ccccc2)c2ccccc2)C2=CC=CC2)=C1.[Cl-].[Cl-].[Zr+2]. The van der Waals surface area contributed by atoms with Gasteiger partial charge in [0.1, 0.15) is 0 Å². The van der Waals surface area contributed by atoms with Gasteiger partial charge in [-0.05, 0) is 56.8 Å². The zero-order chi connectivity index (χ0) is 37.2. The maximum atomic E-state index is 7.85. The number of allylic oxidation sites excluding steroid dienone is 6. The zero-order valence-electron chi connectivity index (χ0n) is 32.6. The van der Waals surface area contributed by atoms with E-state index in [0.717, 1.165) is 25.7 Å². The van der Waals surface area contributed by atoms with Gasteiger partial charge in [-0.1, -0.05) is 230 Å². The zero-order valence-corrected chi connectivity index (χ0v) is 38.6. The van der Waals surface area contributed by atoms with Gasteiger partial charge < -0.3 is 33.7 Å². The van der Waals surface area contributed by atoms with Gasteiger partial charge in [0.15, 0.2) is 0 Å². The van der Waals surface area contributed by atoms with Gasteiger partial charge in [-0.3, -0.25) is 0 Å². The quantitative estimate of drug-likeness (QED) is 0.0841. The summed E-state index contributed by atoms with van der Waals surface area (Å²) in [5, 5.41) is 7.55. The van der Waals surface area contributed by atoms with Crippen molar-refractivity contribution >= 4 is 47.8 Å². The van der Waals surface area contributed by atoms with E-state index in [0.29, 0.717) is 13.2 Å². The number of rotatable bonds is 16. The monoisotopic (exact) mass is 908 g/mol. The molecular formula is C51H48Cl2O2Si2Zr. The Hall–Kier alpha value is -3.90. The second kappa shape index (κ2) is 21.4. The molecule has 2 aliphatic rings. The maximum Gasteiger partial charge on any atom is 2.00 e. The van der Waals surface area contributed by atoms with E-state index in [-0.39, 0.29) is 56.4 Å². The molecule has 0 bridgehead atoms. The van der Waals surface area contributed by atoms with E-state index >= 15 is 0 Å². The normalized spacial score (nSPS) is 13.4. The van der Waals surface area contributed by atoms with Crippen LogP contribution in [0.5, 0.6) is 0 Å². The molecule has 2 aliphatic carbocycles. The molecule has 0 atom stereocenters. The van der Waals surface area contributed by atoms with E-state index < -0.39 is 16.6 Å². The molecule has 2 nitrogen and oxygen atoms in total. The molecule has 0 aromatic heterocycles. The molecule has 0 amide bonds. The molecule has 6 aromatic carbocycles. The van der Waals surface area contributed by atoms with Crippen LogP contribution in [0.25, 0.3) is 0 Å². The molecule has 290 valence electrons. The summed E-state index contributed by atoms with van der Waals surface area (Å²) in [6.07, 6.45) is 17.4. The molecule has 0 heterocycles. The second-order valence-corrected chi connectivity index (χ2v) is 21.3. The maximum absolute atomic E-state index is 7.85. The van der Waals surface area contributed by atoms with E-state index in [2.05, 4.69) is 218 Å². The fourth-order valence-corrected chi connectivity index (χ4v) is 16.6. The molecule has 58 heavy (non-hydrogen) atoms. The average molecular weight is 911 g/mol. The van der Waals surface area contributed by atoms with Crippen LogP contribution in [-0.2, 0) is 35.1 Å². The van der Waals surface area contributed by atoms with Crippen LogP contribution >= 0.6 is 0 Å². The molecule has 0 fully saturated rings. The van der Waals surface area contributed by atoms with Gasteiger partial charge in [0.2, 0.25) is 0 Å². The van der Waals surface area contributed by atoms with Crippen molar-refractivity contribution in [1.29, 1.82) is 0 Å². The van der Waals surface area contributed by atoms with Crippen LogP contribution in [0.1, 0.15) is 25.7 Å². The summed E-state index contributed by atoms with van der Waals surface area (Å²) in [5.41, 5.74) is 2.55. The molecule has 0 N–H and O–H groups in total. The standard InChI is InChI=1S/C51H48O2Si2.2ClH.Zr/c1-7-28-45(29-8-1)54(46-30-9-2-10-31-46,47-32-11-3-12-33-47)52-41-23-40-51(43-24-19-20-25-43,44-26-21-22-27-44)42-53-55(48-34-13-4-14-35-48,49-36-15-5-16-37-49)50-38-17-6-18-39-50;;;/h1-22,24,26,28-39H,23,25,27,40-42H2;2*1H;/q;;;+2/p-2. The fraction of sp³-hybridized carbons (Fsp3) is 0.137. The van der Waals surface area contributed by atoms with Gasteiger partial charge in [-0.2, -0.15) is 0 Å². The number of benzene rings is 6. The summed E-state index contributed by atoms with van der Waals surface area (Å²) in [6, 6.07) is 65.7. The summed E-state index contributed by atoms with van der Waals surface area (Å²) in [5.74, 6) is 0. The van der Waals surface area contributed by atoms with Gasteiger partial charge in [-0.25, -0.2) is 0 Å². The van der Waals surface area contributed by atoms with Crippen molar-refractivity contribution in [3.05, 3.63) is 230 Å². The third-order valence-corrected chi connectivity index (χ3v) is 19.5. The minimum Gasteiger partial charge on any atom is -1.00 e. The third kappa shape index (κ3) is 9.12. The van der Waals surface area contributed by atoms with Crippen molar-refractivity contribution in [2.75, 3.05) is 13.2 Å². The largest absolute Gasteiger partial charge is 2.00 e. The van der Waals surface area contributed by atoms with Crippen LogP contribution in [0.15, 0.2) is 230 Å². The summed E-state index contributed by atoms with van der Waals surface area (Å²) in [4.78, 5) is 0. The first-order chi connectivity index (χ1) is 27.3. The first-order valence-electron chi connectivity index (χ1n) is 19.6. The second-order valence-electron chi connectivity index (χ2n) is 14.5. The molecule has 0 saturated carbocycles. The van der Waals surface area contributed by atoms with Crippen molar-refractivity contribution in [1.82, 2.24) is 0 Å². The topological polar surface area (TPSA) is 18.5 Å². The van der Waals surface area contributed by atoms with Crippen molar-refractivity contribution in [2.24, 2.45) is 5.41 Å². The molecule has 0 saturated heterocycles. The summed E-state index contributed by atoms with van der Waals surface area (Å²) >= 11 is 0. The molecule has 7 heteroatoms. The van der Waals surface area contributed by atoms with Crippen LogP contribution in [0.3, 0.4) is 0 Å². The van der Waals surface area contributed by atoms with Gasteiger partial charge >= 0.3 is 26.2 Å². The molecule has 0 aliphatic heterocycles. The molecule has 0 unspecified atom stereocenters. The number of halogens is 2. The third-order valence-electron chi connectivity index (χ3n) is 11.5. The van der Waals surface area contributed by atoms with Gasteiger partial charge in [0.05, 0.1) is 0 Å². The molecule has 0 spiro atoms. The van der Waals surface area contributed by atoms with Crippen LogP contribution in [0.4, 0.5) is 0 Å².